The molecular formula is C26H20Cl2N2O4. The maximum Gasteiger partial charge on any atom is 0.335 e. The van der Waals surface area contributed by atoms with E-state index in [1.165, 1.54) is 6.08 Å². The molecule has 1 N–H and O–H groups in total. The standard InChI is InChI=1S/C26H20Cl2N2O4/c1-15-6-8-22(16(2)10-15)30-25(32)20(24(31)29-26(30)33)12-17-7-9-23(21(28)13-17)34-14-18-4-3-5-19(27)11-18/h3-13H,14H2,1-2H3,(H,29,31,33)/b20-12+. The third kappa shape index (κ3) is 4.98. The topological polar surface area (TPSA) is 75.7 Å². The summed E-state index contributed by atoms with van der Waals surface area (Å²) in [6.07, 6.45) is 1.40. The first kappa shape index (κ1) is 23.5. The van der Waals surface area contributed by atoms with Crippen molar-refractivity contribution in [1.82, 2.24) is 5.32 Å². The van der Waals surface area contributed by atoms with Crippen LogP contribution < -0.4 is 15.0 Å². The van der Waals surface area contributed by atoms with Gasteiger partial charge in [0, 0.05) is 5.02 Å². The van der Waals surface area contributed by atoms with Crippen LogP contribution in [-0.4, -0.2) is 17.8 Å². The van der Waals surface area contributed by atoms with E-state index in [-0.39, 0.29) is 12.2 Å². The Morgan fingerprint density at radius 2 is 1.76 bits per heavy atom. The molecule has 34 heavy (non-hydrogen) atoms. The lowest BCUT2D eigenvalue weighted by Crippen LogP contribution is -2.54. The van der Waals surface area contributed by atoms with Gasteiger partial charge >= 0.3 is 6.03 Å². The largest absolute Gasteiger partial charge is 0.487 e. The number of amides is 4. The van der Waals surface area contributed by atoms with Crippen molar-refractivity contribution < 1.29 is 19.1 Å². The summed E-state index contributed by atoms with van der Waals surface area (Å²) in [7, 11) is 0. The Labute approximate surface area is 206 Å². The molecule has 3 aromatic rings. The van der Waals surface area contributed by atoms with Crippen LogP contribution in [-0.2, 0) is 16.2 Å². The molecule has 0 saturated carbocycles. The zero-order valence-electron chi connectivity index (χ0n) is 18.4. The molecule has 0 aliphatic carbocycles. The van der Waals surface area contributed by atoms with E-state index in [4.69, 9.17) is 27.9 Å². The first-order valence-corrected chi connectivity index (χ1v) is 11.1. The Morgan fingerprint density at radius 3 is 2.47 bits per heavy atom. The minimum absolute atomic E-state index is 0.178. The van der Waals surface area contributed by atoms with E-state index in [0.717, 1.165) is 21.6 Å². The molecule has 8 heteroatoms. The third-order valence-electron chi connectivity index (χ3n) is 5.25. The smallest absolute Gasteiger partial charge is 0.335 e. The summed E-state index contributed by atoms with van der Waals surface area (Å²) >= 11 is 12.4. The van der Waals surface area contributed by atoms with Crippen LogP contribution in [0.4, 0.5) is 10.5 Å². The van der Waals surface area contributed by atoms with Crippen LogP contribution in [0.3, 0.4) is 0 Å². The highest BCUT2D eigenvalue weighted by atomic mass is 35.5. The second kappa shape index (κ2) is 9.71. The van der Waals surface area contributed by atoms with Crippen LogP contribution in [0.25, 0.3) is 6.08 Å². The van der Waals surface area contributed by atoms with Crippen LogP contribution in [0.15, 0.2) is 66.2 Å². The zero-order valence-corrected chi connectivity index (χ0v) is 19.9. The van der Waals surface area contributed by atoms with Gasteiger partial charge in [-0.2, -0.15) is 0 Å². The average Bonchev–Trinajstić information content (AvgIpc) is 2.77. The average molecular weight is 495 g/mol. The summed E-state index contributed by atoms with van der Waals surface area (Å²) in [5.74, 6) is -1.04. The Kier molecular flexibility index (Phi) is 6.72. The summed E-state index contributed by atoms with van der Waals surface area (Å²) in [6, 6.07) is 16.7. The molecule has 1 fully saturated rings. The summed E-state index contributed by atoms with van der Waals surface area (Å²) < 4.78 is 5.77. The lowest BCUT2D eigenvalue weighted by Gasteiger charge is -2.27. The highest BCUT2D eigenvalue weighted by Gasteiger charge is 2.37. The number of hydrogen-bond acceptors (Lipinski definition) is 4. The summed E-state index contributed by atoms with van der Waals surface area (Å²) in [5.41, 5.74) is 3.35. The van der Waals surface area contributed by atoms with Crippen molar-refractivity contribution in [2.75, 3.05) is 4.90 Å². The SMILES string of the molecule is Cc1ccc(N2C(=O)NC(=O)/C(=C\c3ccc(OCc4cccc(Cl)c4)c(Cl)c3)C2=O)c(C)c1. The predicted molar refractivity (Wildman–Crippen MR) is 132 cm³/mol. The number of ether oxygens (including phenoxy) is 1. The first-order chi connectivity index (χ1) is 16.2. The van der Waals surface area contributed by atoms with Crippen molar-refractivity contribution >= 4 is 52.8 Å². The molecule has 0 bridgehead atoms. The molecule has 0 aromatic heterocycles. The molecule has 0 atom stereocenters. The van der Waals surface area contributed by atoms with E-state index in [2.05, 4.69) is 5.32 Å². The van der Waals surface area contributed by atoms with Gasteiger partial charge in [0.25, 0.3) is 11.8 Å². The van der Waals surface area contributed by atoms with Gasteiger partial charge in [0.15, 0.2) is 0 Å². The minimum atomic E-state index is -0.790. The van der Waals surface area contributed by atoms with Gasteiger partial charge in [-0.05, 0) is 66.9 Å². The van der Waals surface area contributed by atoms with Crippen molar-refractivity contribution in [1.29, 1.82) is 0 Å². The number of carbonyl (C=O) groups excluding carboxylic acids is 3. The quantitative estimate of drug-likeness (QED) is 0.356. The van der Waals surface area contributed by atoms with Gasteiger partial charge in [-0.1, -0.05) is 59.1 Å². The van der Waals surface area contributed by atoms with E-state index in [1.807, 2.05) is 25.1 Å². The molecule has 3 aromatic carbocycles. The fraction of sp³-hybridized carbons (Fsp3) is 0.115. The molecule has 6 nitrogen and oxygen atoms in total. The molecule has 0 spiro atoms. The molecule has 0 radical (unpaired) electrons. The van der Waals surface area contributed by atoms with Crippen molar-refractivity contribution in [3.63, 3.8) is 0 Å². The minimum Gasteiger partial charge on any atom is -0.487 e. The number of urea groups is 1. The van der Waals surface area contributed by atoms with Gasteiger partial charge in [-0.3, -0.25) is 14.9 Å². The highest BCUT2D eigenvalue weighted by Crippen LogP contribution is 2.29. The molecule has 1 aliphatic rings. The van der Waals surface area contributed by atoms with E-state index in [0.29, 0.717) is 27.0 Å². The first-order valence-electron chi connectivity index (χ1n) is 10.4. The third-order valence-corrected chi connectivity index (χ3v) is 5.78. The molecule has 4 rings (SSSR count). The van der Waals surface area contributed by atoms with Crippen LogP contribution >= 0.6 is 23.2 Å². The summed E-state index contributed by atoms with van der Waals surface area (Å²) in [5, 5.41) is 3.15. The molecule has 1 saturated heterocycles. The van der Waals surface area contributed by atoms with Gasteiger partial charge in [0.1, 0.15) is 17.9 Å². The van der Waals surface area contributed by atoms with Gasteiger partial charge in [0.2, 0.25) is 0 Å². The van der Waals surface area contributed by atoms with Crippen molar-refractivity contribution in [3.05, 3.63) is 98.5 Å². The Bertz CT molecular complexity index is 1350. The number of nitrogens with zero attached hydrogens (tertiary/aromatic N) is 1. The number of halogens is 2. The fourth-order valence-electron chi connectivity index (χ4n) is 3.61. The van der Waals surface area contributed by atoms with Gasteiger partial charge < -0.3 is 4.74 Å². The molecule has 4 amide bonds. The van der Waals surface area contributed by atoms with Gasteiger partial charge in [0.05, 0.1) is 10.7 Å². The van der Waals surface area contributed by atoms with Gasteiger partial charge in [-0.25, -0.2) is 9.69 Å². The molecule has 0 unspecified atom stereocenters. The number of hydrogen-bond donors (Lipinski definition) is 1. The number of barbiturate groups is 1. The number of aryl methyl sites for hydroxylation is 2. The lowest BCUT2D eigenvalue weighted by atomic mass is 10.0. The monoisotopic (exact) mass is 494 g/mol. The molecular weight excluding hydrogens is 475 g/mol. The Balaban J connectivity index is 1.58. The second-order valence-corrected chi connectivity index (χ2v) is 8.70. The normalized spacial score (nSPS) is 15.0. The number of imide groups is 2. The fourth-order valence-corrected chi connectivity index (χ4v) is 4.07. The van der Waals surface area contributed by atoms with E-state index >= 15 is 0 Å². The summed E-state index contributed by atoms with van der Waals surface area (Å²) in [6.45, 7) is 3.98. The molecule has 1 aliphatic heterocycles. The van der Waals surface area contributed by atoms with Crippen molar-refractivity contribution in [2.24, 2.45) is 0 Å². The predicted octanol–water partition coefficient (Wildman–Crippen LogP) is 5.86. The number of anilines is 1. The zero-order chi connectivity index (χ0) is 24.4. The molecule has 172 valence electrons. The van der Waals surface area contributed by atoms with Crippen molar-refractivity contribution in [2.45, 2.75) is 20.5 Å². The number of benzene rings is 3. The Hall–Kier alpha value is -3.61. The maximum absolute atomic E-state index is 13.1. The summed E-state index contributed by atoms with van der Waals surface area (Å²) in [4.78, 5) is 39.0. The molecule has 1 heterocycles. The van der Waals surface area contributed by atoms with Crippen LogP contribution in [0, 0.1) is 13.8 Å². The van der Waals surface area contributed by atoms with Crippen LogP contribution in [0.2, 0.25) is 10.0 Å². The van der Waals surface area contributed by atoms with E-state index < -0.39 is 17.8 Å². The van der Waals surface area contributed by atoms with Crippen molar-refractivity contribution in [3.8, 4) is 5.75 Å². The second-order valence-electron chi connectivity index (χ2n) is 7.86. The van der Waals surface area contributed by atoms with E-state index in [1.54, 1.807) is 49.4 Å². The lowest BCUT2D eigenvalue weighted by molar-refractivity contribution is -0.122. The Morgan fingerprint density at radius 1 is 0.971 bits per heavy atom. The van der Waals surface area contributed by atoms with E-state index in [9.17, 15) is 14.4 Å². The van der Waals surface area contributed by atoms with Gasteiger partial charge in [-0.15, -0.1) is 0 Å². The van der Waals surface area contributed by atoms with Crippen LogP contribution in [0.1, 0.15) is 22.3 Å². The maximum atomic E-state index is 13.1. The van der Waals surface area contributed by atoms with Crippen LogP contribution in [0.5, 0.6) is 5.75 Å². The number of rotatable bonds is 5. The number of carbonyl (C=O) groups is 3. The number of nitrogens with one attached hydrogen (secondary N) is 1. The highest BCUT2D eigenvalue weighted by molar-refractivity contribution is 6.39.